The molecular formula is C18H20BN5O2. The molecule has 26 heavy (non-hydrogen) atoms. The van der Waals surface area contributed by atoms with Crippen LogP contribution in [0.25, 0.3) is 5.65 Å². The second-order valence-corrected chi connectivity index (χ2v) is 6.03. The van der Waals surface area contributed by atoms with E-state index in [-0.39, 0.29) is 11.9 Å². The van der Waals surface area contributed by atoms with E-state index in [9.17, 15) is 4.79 Å². The van der Waals surface area contributed by atoms with Gasteiger partial charge in [-0.2, -0.15) is 0 Å². The van der Waals surface area contributed by atoms with E-state index >= 15 is 0 Å². The molecule has 0 spiro atoms. The van der Waals surface area contributed by atoms with Gasteiger partial charge in [-0.05, 0) is 19.9 Å². The summed E-state index contributed by atoms with van der Waals surface area (Å²) in [4.78, 5) is 25.4. The molecule has 0 aliphatic rings. The number of allylic oxidation sites excluding steroid dienone is 1. The molecule has 1 unspecified atom stereocenters. The zero-order valence-electron chi connectivity index (χ0n) is 15.2. The van der Waals surface area contributed by atoms with Gasteiger partial charge in [-0.25, -0.2) is 0 Å². The Hall–Kier alpha value is -3.03. The molecule has 0 aromatic carbocycles. The van der Waals surface area contributed by atoms with Gasteiger partial charge in [0.05, 0.1) is 0 Å². The minimum atomic E-state index is -0.268. The number of amides is 1. The molecule has 3 aromatic rings. The van der Waals surface area contributed by atoms with Crippen molar-refractivity contribution in [3.8, 4) is 0 Å². The van der Waals surface area contributed by atoms with Gasteiger partial charge in [0, 0.05) is 0 Å². The average Bonchev–Trinajstić information content (AvgIpc) is 3.25. The fraction of sp³-hybridized carbons (Fsp3) is 0.278. The molecule has 0 aliphatic heterocycles. The van der Waals surface area contributed by atoms with Crippen LogP contribution in [0.2, 0.25) is 0 Å². The number of nitrogens with zero attached hydrogens (tertiary/aromatic N) is 4. The van der Waals surface area contributed by atoms with Crippen molar-refractivity contribution in [1.29, 1.82) is 0 Å². The molecule has 1 atom stereocenters. The Morgan fingerprint density at radius 2 is 2.27 bits per heavy atom. The summed E-state index contributed by atoms with van der Waals surface area (Å²) in [6, 6.07) is 1.74. The maximum absolute atomic E-state index is 12.6. The Kier molecular flexibility index (Phi) is 5.11. The van der Waals surface area contributed by atoms with Crippen LogP contribution in [-0.4, -0.2) is 46.0 Å². The Morgan fingerprint density at radius 1 is 1.46 bits per heavy atom. The summed E-state index contributed by atoms with van der Waals surface area (Å²) < 4.78 is 7.15. The van der Waals surface area contributed by atoms with Crippen LogP contribution in [0, 0.1) is 13.8 Å². The van der Waals surface area contributed by atoms with E-state index in [0.29, 0.717) is 22.8 Å². The number of carbonyl (C=O) groups excluding carboxylic acids is 1. The molecule has 0 saturated heterocycles. The van der Waals surface area contributed by atoms with Crippen molar-refractivity contribution in [2.24, 2.45) is 4.99 Å². The second-order valence-electron chi connectivity index (χ2n) is 6.03. The molecule has 0 aliphatic carbocycles. The van der Waals surface area contributed by atoms with Gasteiger partial charge >= 0.3 is 132 Å². The summed E-state index contributed by atoms with van der Waals surface area (Å²) >= 11 is 0. The number of rotatable bonds is 5. The number of aliphatic imine (C=N–C) groups is 1. The third-order valence-electron chi connectivity index (χ3n) is 3.95. The minimum absolute atomic E-state index is 0.211. The van der Waals surface area contributed by atoms with Crippen LogP contribution >= 0.6 is 0 Å². The van der Waals surface area contributed by atoms with E-state index in [1.54, 1.807) is 30.8 Å². The first-order valence-electron chi connectivity index (χ1n) is 8.30. The van der Waals surface area contributed by atoms with Crippen molar-refractivity contribution in [3.63, 3.8) is 0 Å². The van der Waals surface area contributed by atoms with Gasteiger partial charge in [-0.1, -0.05) is 0 Å². The van der Waals surface area contributed by atoms with Crippen molar-refractivity contribution in [2.75, 3.05) is 7.05 Å². The molecule has 0 radical (unpaired) electrons. The first kappa shape index (κ1) is 17.8. The zero-order valence-corrected chi connectivity index (χ0v) is 15.2. The monoisotopic (exact) mass is 349 g/mol. The summed E-state index contributed by atoms with van der Waals surface area (Å²) in [7, 11) is 1.69. The quantitative estimate of drug-likeness (QED) is 0.715. The average molecular weight is 349 g/mol. The molecule has 0 bridgehead atoms. The van der Waals surface area contributed by atoms with Gasteiger partial charge in [0.2, 0.25) is 0 Å². The first-order chi connectivity index (χ1) is 12.5. The Balaban J connectivity index is 1.75. The second kappa shape index (κ2) is 7.47. The number of fused-ring (bicyclic) bond motifs is 1. The van der Waals surface area contributed by atoms with Crippen LogP contribution in [0.1, 0.15) is 34.6 Å². The molecule has 0 fully saturated rings. The Bertz CT molecular complexity index is 989. The molecule has 3 heterocycles. The predicted molar refractivity (Wildman–Crippen MR) is 101 cm³/mol. The summed E-state index contributed by atoms with van der Waals surface area (Å²) in [6.07, 6.45) is 6.89. The molecule has 1 amide bonds. The first-order valence-corrected chi connectivity index (χ1v) is 8.30. The molecular weight excluding hydrogens is 329 g/mol. The van der Waals surface area contributed by atoms with Gasteiger partial charge in [-0.3, -0.25) is 0 Å². The summed E-state index contributed by atoms with van der Waals surface area (Å²) in [5.41, 5.74) is 3.40. The number of imidazole rings is 1. The maximum atomic E-state index is 12.6. The molecule has 7 nitrogen and oxygen atoms in total. The Labute approximate surface area is 152 Å². The van der Waals surface area contributed by atoms with E-state index in [2.05, 4.69) is 20.3 Å². The van der Waals surface area contributed by atoms with Crippen LogP contribution in [0.5, 0.6) is 0 Å². The van der Waals surface area contributed by atoms with Crippen LogP contribution in [0.15, 0.2) is 46.1 Å². The topological polar surface area (TPSA) is 84.8 Å². The van der Waals surface area contributed by atoms with Gasteiger partial charge in [0.1, 0.15) is 0 Å². The summed E-state index contributed by atoms with van der Waals surface area (Å²) in [6.45, 7) is 7.54. The number of aromatic nitrogens is 3. The summed E-state index contributed by atoms with van der Waals surface area (Å²) in [5, 5.41) is 2.91. The molecule has 132 valence electrons. The number of hydrogen-bond acceptors (Lipinski definition) is 5. The van der Waals surface area contributed by atoms with Crippen LogP contribution < -0.4 is 5.32 Å². The van der Waals surface area contributed by atoms with E-state index in [1.165, 1.54) is 0 Å². The summed E-state index contributed by atoms with van der Waals surface area (Å²) in [5.74, 6) is 2.25. The fourth-order valence-electron chi connectivity index (χ4n) is 2.69. The van der Waals surface area contributed by atoms with E-state index in [0.717, 1.165) is 11.4 Å². The standard InChI is InChI=1S/C18H20BN5O2/c1-11(5-6-14(20-4)15-8-19-9-26-15)23-18(25)16-17-22-12(2)7-13(3)24(17)10-21-16/h5-11H,1-4H3,(H,23,25)/b6-5-,20-14?. The normalized spacial score (nSPS) is 13.3. The van der Waals surface area contributed by atoms with Crippen LogP contribution in [0.3, 0.4) is 0 Å². The number of nitrogens with one attached hydrogen (secondary N) is 1. The van der Waals surface area contributed by atoms with E-state index < -0.39 is 0 Å². The van der Waals surface area contributed by atoms with Crippen molar-refractivity contribution in [3.05, 3.63) is 59.5 Å². The van der Waals surface area contributed by atoms with Gasteiger partial charge in [0.25, 0.3) is 0 Å². The van der Waals surface area contributed by atoms with E-state index in [4.69, 9.17) is 4.42 Å². The van der Waals surface area contributed by atoms with Crippen LogP contribution in [0.4, 0.5) is 0 Å². The van der Waals surface area contributed by atoms with E-state index in [1.807, 2.05) is 45.0 Å². The number of carbonyl (C=O) groups is 1. The van der Waals surface area contributed by atoms with Crippen molar-refractivity contribution in [2.45, 2.75) is 26.8 Å². The Morgan fingerprint density at radius 3 is 2.96 bits per heavy atom. The third kappa shape index (κ3) is 3.64. The molecule has 1 N–H and O–H groups in total. The van der Waals surface area contributed by atoms with Crippen molar-refractivity contribution >= 4 is 24.2 Å². The molecule has 3 rings (SSSR count). The van der Waals surface area contributed by atoms with Crippen LogP contribution in [-0.2, 0) is 0 Å². The molecule has 8 heteroatoms. The SMILES string of the molecule is CN=C(/C=C\C(C)NC(=O)c1ncn2c(C)cc(C)nc12)c1cbco1. The third-order valence-corrected chi connectivity index (χ3v) is 3.95. The van der Waals surface area contributed by atoms with Gasteiger partial charge < -0.3 is 0 Å². The van der Waals surface area contributed by atoms with Gasteiger partial charge in [0.15, 0.2) is 0 Å². The number of aryl methyl sites for hydroxylation is 2. The zero-order chi connectivity index (χ0) is 18.7. The fourth-order valence-corrected chi connectivity index (χ4v) is 2.69. The van der Waals surface area contributed by atoms with Crippen molar-refractivity contribution in [1.82, 2.24) is 19.7 Å². The molecule has 0 saturated carbocycles. The number of hydrogen-bond donors (Lipinski definition) is 1. The molecule has 3 aromatic heterocycles. The predicted octanol–water partition coefficient (Wildman–Crippen LogP) is 2.07. The van der Waals surface area contributed by atoms with Crippen molar-refractivity contribution < 1.29 is 9.21 Å². The van der Waals surface area contributed by atoms with Gasteiger partial charge in [-0.15, -0.1) is 0 Å².